The van der Waals surface area contributed by atoms with E-state index in [4.69, 9.17) is 0 Å². The lowest BCUT2D eigenvalue weighted by atomic mass is 9.92. The lowest BCUT2D eigenvalue weighted by Crippen LogP contribution is -2.65. The van der Waals surface area contributed by atoms with E-state index in [0.29, 0.717) is 13.1 Å². The molecule has 1 saturated heterocycles. The molecule has 0 aliphatic carbocycles. The van der Waals surface area contributed by atoms with Crippen LogP contribution in [-0.2, 0) is 17.8 Å². The molecule has 1 amide bonds. The molecule has 1 aromatic carbocycles. The minimum Gasteiger partial charge on any atom is -0.386 e. The molecule has 2 aliphatic heterocycles. The third-order valence-corrected chi connectivity index (χ3v) is 3.75. The Bertz CT molecular complexity index is 476. The summed E-state index contributed by atoms with van der Waals surface area (Å²) in [6.07, 6.45) is 0.744. The number of likely N-dealkylation sites (tertiary alicyclic amines) is 1. The number of benzene rings is 1. The van der Waals surface area contributed by atoms with Crippen LogP contribution in [0.2, 0.25) is 0 Å². The monoisotopic (exact) mass is 246 g/mol. The van der Waals surface area contributed by atoms with Crippen LogP contribution >= 0.6 is 0 Å². The Morgan fingerprint density at radius 3 is 2.72 bits per heavy atom. The number of β-amino-alcohol motifs (C(OH)–C–C–N with tert-alkyl or cyclic N) is 1. The third kappa shape index (κ3) is 2.02. The summed E-state index contributed by atoms with van der Waals surface area (Å²) in [6, 6.07) is 8.08. The molecule has 0 radical (unpaired) electrons. The summed E-state index contributed by atoms with van der Waals surface area (Å²) in [7, 11) is 0. The maximum atomic E-state index is 12.2. The van der Waals surface area contributed by atoms with Crippen LogP contribution in [0.3, 0.4) is 0 Å². The number of aliphatic hydroxyl groups is 1. The highest BCUT2D eigenvalue weighted by Crippen LogP contribution is 2.23. The van der Waals surface area contributed by atoms with Crippen molar-refractivity contribution in [1.82, 2.24) is 10.2 Å². The zero-order valence-electron chi connectivity index (χ0n) is 10.5. The summed E-state index contributed by atoms with van der Waals surface area (Å²) < 4.78 is 0. The fourth-order valence-corrected chi connectivity index (χ4v) is 2.78. The average Bonchev–Trinajstić information content (AvgIpc) is 2.34. The van der Waals surface area contributed by atoms with Gasteiger partial charge in [0.15, 0.2) is 0 Å². The first-order valence-corrected chi connectivity index (χ1v) is 6.36. The molecule has 1 aromatic rings. The fraction of sp³-hybridized carbons (Fsp3) is 0.500. The van der Waals surface area contributed by atoms with Crippen LogP contribution in [0.4, 0.5) is 0 Å². The largest absolute Gasteiger partial charge is 0.386 e. The number of carbonyl (C=O) groups is 1. The van der Waals surface area contributed by atoms with Crippen LogP contribution in [0.15, 0.2) is 24.3 Å². The first-order valence-electron chi connectivity index (χ1n) is 6.36. The van der Waals surface area contributed by atoms with Crippen molar-refractivity contribution in [2.24, 2.45) is 0 Å². The number of fused-ring (bicyclic) bond motifs is 1. The van der Waals surface area contributed by atoms with Gasteiger partial charge in [-0.25, -0.2) is 0 Å². The molecule has 2 heterocycles. The summed E-state index contributed by atoms with van der Waals surface area (Å²) >= 11 is 0. The zero-order valence-corrected chi connectivity index (χ0v) is 10.5. The minimum absolute atomic E-state index is 0.107. The molecule has 2 aliphatic rings. The van der Waals surface area contributed by atoms with Gasteiger partial charge in [0.1, 0.15) is 0 Å². The van der Waals surface area contributed by atoms with Crippen molar-refractivity contribution in [3.8, 4) is 0 Å². The second kappa shape index (κ2) is 4.07. The highest BCUT2D eigenvalue weighted by Gasteiger charge is 2.41. The standard InChI is InChI=1S/C14H18N2O2/c1-14(18)8-16(9-14)13(17)12-6-10-4-2-3-5-11(10)7-15-12/h2-5,12,15,18H,6-9H2,1H3/t12-/m1/s1. The van der Waals surface area contributed by atoms with E-state index in [9.17, 15) is 9.90 Å². The van der Waals surface area contributed by atoms with Crippen LogP contribution in [-0.4, -0.2) is 40.6 Å². The molecule has 18 heavy (non-hydrogen) atoms. The molecule has 2 N–H and O–H groups in total. The Balaban J connectivity index is 1.68. The van der Waals surface area contributed by atoms with Crippen molar-refractivity contribution in [3.63, 3.8) is 0 Å². The maximum Gasteiger partial charge on any atom is 0.240 e. The quantitative estimate of drug-likeness (QED) is 0.749. The molecule has 4 nitrogen and oxygen atoms in total. The normalized spacial score (nSPS) is 25.2. The van der Waals surface area contributed by atoms with Gasteiger partial charge in [-0.05, 0) is 24.5 Å². The summed E-state index contributed by atoms with van der Waals surface area (Å²) in [5.41, 5.74) is 1.83. The second-order valence-corrected chi connectivity index (χ2v) is 5.60. The van der Waals surface area contributed by atoms with Gasteiger partial charge in [0.2, 0.25) is 5.91 Å². The number of nitrogens with zero attached hydrogens (tertiary/aromatic N) is 1. The molecular weight excluding hydrogens is 228 g/mol. The lowest BCUT2D eigenvalue weighted by molar-refractivity contribution is -0.154. The van der Waals surface area contributed by atoms with Crippen molar-refractivity contribution in [1.29, 1.82) is 0 Å². The molecule has 1 fully saturated rings. The average molecular weight is 246 g/mol. The van der Waals surface area contributed by atoms with Gasteiger partial charge in [-0.1, -0.05) is 24.3 Å². The van der Waals surface area contributed by atoms with Gasteiger partial charge in [0, 0.05) is 6.54 Å². The predicted octanol–water partition coefficient (Wildman–Crippen LogP) is 0.294. The molecule has 0 saturated carbocycles. The molecule has 4 heteroatoms. The van der Waals surface area contributed by atoms with Crippen molar-refractivity contribution in [3.05, 3.63) is 35.4 Å². The lowest BCUT2D eigenvalue weighted by Gasteiger charge is -2.46. The van der Waals surface area contributed by atoms with E-state index in [1.165, 1.54) is 11.1 Å². The SMILES string of the molecule is CC1(O)CN(C(=O)[C@H]2Cc3ccccc3CN2)C1. The Kier molecular flexibility index (Phi) is 2.64. The Morgan fingerprint density at radius 1 is 1.39 bits per heavy atom. The van der Waals surface area contributed by atoms with Crippen molar-refractivity contribution in [2.75, 3.05) is 13.1 Å². The van der Waals surface area contributed by atoms with E-state index in [-0.39, 0.29) is 11.9 Å². The van der Waals surface area contributed by atoms with Gasteiger partial charge in [-0.3, -0.25) is 4.79 Å². The van der Waals surface area contributed by atoms with Crippen LogP contribution < -0.4 is 5.32 Å². The summed E-state index contributed by atoms with van der Waals surface area (Å²) in [5.74, 6) is 0.107. The number of nitrogens with one attached hydrogen (secondary N) is 1. The third-order valence-electron chi connectivity index (χ3n) is 3.75. The molecule has 0 spiro atoms. The van der Waals surface area contributed by atoms with Crippen molar-refractivity contribution >= 4 is 5.91 Å². The number of amides is 1. The van der Waals surface area contributed by atoms with Crippen LogP contribution in [0.1, 0.15) is 18.1 Å². The van der Waals surface area contributed by atoms with E-state index < -0.39 is 5.60 Å². The highest BCUT2D eigenvalue weighted by molar-refractivity contribution is 5.83. The van der Waals surface area contributed by atoms with Crippen molar-refractivity contribution in [2.45, 2.75) is 31.5 Å². The van der Waals surface area contributed by atoms with E-state index in [2.05, 4.69) is 17.4 Å². The van der Waals surface area contributed by atoms with Gasteiger partial charge < -0.3 is 15.3 Å². The van der Waals surface area contributed by atoms with Gasteiger partial charge in [0.25, 0.3) is 0 Å². The Labute approximate surface area is 107 Å². The summed E-state index contributed by atoms with van der Waals surface area (Å²) in [5, 5.41) is 13.0. The topological polar surface area (TPSA) is 52.6 Å². The van der Waals surface area contributed by atoms with Crippen LogP contribution in [0.25, 0.3) is 0 Å². The number of hydrogen-bond acceptors (Lipinski definition) is 3. The Morgan fingerprint density at radius 2 is 2.06 bits per heavy atom. The van der Waals surface area contributed by atoms with Crippen LogP contribution in [0, 0.1) is 0 Å². The van der Waals surface area contributed by atoms with E-state index >= 15 is 0 Å². The smallest absolute Gasteiger partial charge is 0.240 e. The van der Waals surface area contributed by atoms with Gasteiger partial charge in [-0.2, -0.15) is 0 Å². The van der Waals surface area contributed by atoms with E-state index in [0.717, 1.165) is 13.0 Å². The molecule has 96 valence electrons. The van der Waals surface area contributed by atoms with Crippen molar-refractivity contribution < 1.29 is 9.90 Å². The zero-order chi connectivity index (χ0) is 12.8. The van der Waals surface area contributed by atoms with Gasteiger partial charge in [0.05, 0.1) is 24.7 Å². The first kappa shape index (κ1) is 11.7. The molecule has 1 atom stereocenters. The van der Waals surface area contributed by atoms with E-state index in [1.54, 1.807) is 11.8 Å². The molecule has 3 rings (SSSR count). The molecular formula is C14H18N2O2. The summed E-state index contributed by atoms with van der Waals surface area (Å²) in [6.45, 7) is 3.41. The van der Waals surface area contributed by atoms with E-state index in [1.807, 2.05) is 12.1 Å². The number of rotatable bonds is 1. The highest BCUT2D eigenvalue weighted by atomic mass is 16.3. The number of carbonyl (C=O) groups excluding carboxylic acids is 1. The Hall–Kier alpha value is -1.39. The molecule has 0 unspecified atom stereocenters. The minimum atomic E-state index is -0.692. The molecule has 0 aromatic heterocycles. The van der Waals surface area contributed by atoms with Crippen LogP contribution in [0.5, 0.6) is 0 Å². The molecule has 0 bridgehead atoms. The second-order valence-electron chi connectivity index (χ2n) is 5.60. The fourth-order valence-electron chi connectivity index (χ4n) is 2.78. The summed E-state index contributed by atoms with van der Waals surface area (Å²) in [4.78, 5) is 14.0. The van der Waals surface area contributed by atoms with Gasteiger partial charge >= 0.3 is 0 Å². The van der Waals surface area contributed by atoms with Gasteiger partial charge in [-0.15, -0.1) is 0 Å². The predicted molar refractivity (Wildman–Crippen MR) is 68.0 cm³/mol. The first-order chi connectivity index (χ1) is 8.55. The number of hydrogen-bond donors (Lipinski definition) is 2. The maximum absolute atomic E-state index is 12.2.